The van der Waals surface area contributed by atoms with Crippen LogP contribution in [0.3, 0.4) is 0 Å². The summed E-state index contributed by atoms with van der Waals surface area (Å²) in [5.74, 6) is 2.18. The van der Waals surface area contributed by atoms with E-state index in [2.05, 4.69) is 36.2 Å². The summed E-state index contributed by atoms with van der Waals surface area (Å²) >= 11 is 0. The lowest BCUT2D eigenvalue weighted by Gasteiger charge is -2.03. The van der Waals surface area contributed by atoms with E-state index < -0.39 is 0 Å². The van der Waals surface area contributed by atoms with E-state index in [4.69, 9.17) is 4.52 Å². The third kappa shape index (κ3) is 2.49. The van der Waals surface area contributed by atoms with E-state index >= 15 is 0 Å². The Hall–Kier alpha value is -1.06. The highest BCUT2D eigenvalue weighted by atomic mass is 16.5. The number of rotatable bonds is 3. The molecule has 0 aromatic carbocycles. The molecule has 2 unspecified atom stereocenters. The zero-order chi connectivity index (χ0) is 10.8. The summed E-state index contributed by atoms with van der Waals surface area (Å²) in [5.41, 5.74) is 0. The predicted octanol–water partition coefficient (Wildman–Crippen LogP) is 2.79. The van der Waals surface area contributed by atoms with Crippen molar-refractivity contribution >= 4 is 6.01 Å². The first kappa shape index (κ1) is 10.5. The molecule has 1 saturated carbocycles. The topological polar surface area (TPSA) is 51.0 Å². The minimum atomic E-state index is 0.334. The SMILES string of the molecule is CC1CCC(c2noc(NC(C)C)n2)C1. The van der Waals surface area contributed by atoms with Gasteiger partial charge in [0.05, 0.1) is 0 Å². The van der Waals surface area contributed by atoms with Gasteiger partial charge in [0, 0.05) is 12.0 Å². The van der Waals surface area contributed by atoms with E-state index in [1.807, 2.05) is 0 Å². The molecule has 4 heteroatoms. The fourth-order valence-corrected chi connectivity index (χ4v) is 2.15. The summed E-state index contributed by atoms with van der Waals surface area (Å²) in [6, 6.07) is 0.889. The molecular formula is C11H19N3O. The lowest BCUT2D eigenvalue weighted by Crippen LogP contribution is -2.09. The standard InChI is InChI=1S/C11H19N3O/c1-7(2)12-11-13-10(14-15-11)9-5-4-8(3)6-9/h7-9H,4-6H2,1-3H3,(H,12,13,14). The van der Waals surface area contributed by atoms with E-state index in [9.17, 15) is 0 Å². The van der Waals surface area contributed by atoms with Crippen LogP contribution >= 0.6 is 0 Å². The maximum atomic E-state index is 5.15. The Bertz CT molecular complexity index is 321. The van der Waals surface area contributed by atoms with Gasteiger partial charge >= 0.3 is 6.01 Å². The first-order valence-electron chi connectivity index (χ1n) is 5.75. The Morgan fingerprint density at radius 1 is 1.40 bits per heavy atom. The van der Waals surface area contributed by atoms with Gasteiger partial charge in [-0.3, -0.25) is 0 Å². The smallest absolute Gasteiger partial charge is 0.321 e. The lowest BCUT2D eigenvalue weighted by molar-refractivity contribution is 0.413. The van der Waals surface area contributed by atoms with E-state index in [0.29, 0.717) is 18.0 Å². The molecule has 1 aromatic rings. The first-order chi connectivity index (χ1) is 7.15. The highest BCUT2D eigenvalue weighted by molar-refractivity contribution is 5.20. The quantitative estimate of drug-likeness (QED) is 0.831. The van der Waals surface area contributed by atoms with Gasteiger partial charge < -0.3 is 9.84 Å². The van der Waals surface area contributed by atoms with E-state index in [0.717, 1.165) is 11.7 Å². The largest absolute Gasteiger partial charge is 0.336 e. The van der Waals surface area contributed by atoms with Crippen molar-refractivity contribution in [2.75, 3.05) is 5.32 Å². The fraction of sp³-hybridized carbons (Fsp3) is 0.818. The highest BCUT2D eigenvalue weighted by Crippen LogP contribution is 2.36. The number of hydrogen-bond acceptors (Lipinski definition) is 4. The number of nitrogens with one attached hydrogen (secondary N) is 1. The van der Waals surface area contributed by atoms with Crippen molar-refractivity contribution < 1.29 is 4.52 Å². The second kappa shape index (κ2) is 4.21. The number of aromatic nitrogens is 2. The van der Waals surface area contributed by atoms with E-state index in [-0.39, 0.29) is 0 Å². The molecule has 0 spiro atoms. The van der Waals surface area contributed by atoms with Crippen molar-refractivity contribution in [3.05, 3.63) is 5.82 Å². The number of hydrogen-bond donors (Lipinski definition) is 1. The first-order valence-corrected chi connectivity index (χ1v) is 5.75. The van der Waals surface area contributed by atoms with Crippen LogP contribution in [0.5, 0.6) is 0 Å². The van der Waals surface area contributed by atoms with Crippen molar-refractivity contribution in [2.24, 2.45) is 5.92 Å². The molecule has 4 nitrogen and oxygen atoms in total. The summed E-state index contributed by atoms with van der Waals surface area (Å²) in [6.45, 7) is 6.40. The molecule has 1 aliphatic carbocycles. The van der Waals surface area contributed by atoms with Gasteiger partial charge in [0.1, 0.15) is 0 Å². The van der Waals surface area contributed by atoms with Crippen LogP contribution in [-0.2, 0) is 0 Å². The van der Waals surface area contributed by atoms with Crippen molar-refractivity contribution in [3.63, 3.8) is 0 Å². The third-order valence-electron chi connectivity index (χ3n) is 2.91. The Morgan fingerprint density at radius 3 is 2.80 bits per heavy atom. The average molecular weight is 209 g/mol. The van der Waals surface area contributed by atoms with Crippen molar-refractivity contribution in [2.45, 2.75) is 52.0 Å². The molecular weight excluding hydrogens is 190 g/mol. The van der Waals surface area contributed by atoms with Crippen LogP contribution in [0.4, 0.5) is 6.01 Å². The molecule has 15 heavy (non-hydrogen) atoms. The van der Waals surface area contributed by atoms with Gasteiger partial charge in [-0.15, -0.1) is 0 Å². The third-order valence-corrected chi connectivity index (χ3v) is 2.91. The van der Waals surface area contributed by atoms with Crippen LogP contribution in [0.2, 0.25) is 0 Å². The van der Waals surface area contributed by atoms with Gasteiger partial charge in [-0.2, -0.15) is 4.98 Å². The zero-order valence-corrected chi connectivity index (χ0v) is 9.66. The number of anilines is 1. The Kier molecular flexibility index (Phi) is 2.93. The molecule has 0 radical (unpaired) electrons. The van der Waals surface area contributed by atoms with Gasteiger partial charge in [-0.25, -0.2) is 0 Å². The van der Waals surface area contributed by atoms with Crippen LogP contribution in [0.25, 0.3) is 0 Å². The zero-order valence-electron chi connectivity index (χ0n) is 9.66. The molecule has 0 saturated heterocycles. The Morgan fingerprint density at radius 2 is 2.20 bits per heavy atom. The lowest BCUT2D eigenvalue weighted by atomic mass is 10.1. The molecule has 0 amide bonds. The maximum absolute atomic E-state index is 5.15. The van der Waals surface area contributed by atoms with Crippen molar-refractivity contribution in [1.29, 1.82) is 0 Å². The summed E-state index contributed by atoms with van der Waals surface area (Å²) in [7, 11) is 0. The van der Waals surface area contributed by atoms with Gasteiger partial charge in [0.25, 0.3) is 0 Å². The predicted molar refractivity (Wildman–Crippen MR) is 58.8 cm³/mol. The number of nitrogens with zero attached hydrogens (tertiary/aromatic N) is 2. The van der Waals surface area contributed by atoms with Crippen LogP contribution in [-0.4, -0.2) is 16.2 Å². The average Bonchev–Trinajstić information content (AvgIpc) is 2.72. The fourth-order valence-electron chi connectivity index (χ4n) is 2.15. The molecule has 1 fully saturated rings. The molecule has 0 bridgehead atoms. The van der Waals surface area contributed by atoms with Gasteiger partial charge in [-0.05, 0) is 39.0 Å². The Balaban J connectivity index is 2.00. The molecule has 2 rings (SSSR count). The monoisotopic (exact) mass is 209 g/mol. The molecule has 2 atom stereocenters. The summed E-state index contributed by atoms with van der Waals surface area (Å²) in [6.07, 6.45) is 3.68. The maximum Gasteiger partial charge on any atom is 0.321 e. The van der Waals surface area contributed by atoms with Crippen LogP contribution in [0, 0.1) is 5.92 Å². The van der Waals surface area contributed by atoms with Crippen molar-refractivity contribution in [1.82, 2.24) is 10.1 Å². The minimum Gasteiger partial charge on any atom is -0.336 e. The second-order valence-corrected chi connectivity index (χ2v) is 4.87. The van der Waals surface area contributed by atoms with E-state index in [1.54, 1.807) is 0 Å². The molecule has 1 aromatic heterocycles. The molecule has 84 valence electrons. The van der Waals surface area contributed by atoms with Crippen LogP contribution < -0.4 is 5.32 Å². The normalized spacial score (nSPS) is 26.1. The molecule has 1 heterocycles. The Labute approximate surface area is 90.4 Å². The van der Waals surface area contributed by atoms with Crippen molar-refractivity contribution in [3.8, 4) is 0 Å². The van der Waals surface area contributed by atoms with Crippen LogP contribution in [0.1, 0.15) is 51.8 Å². The highest BCUT2D eigenvalue weighted by Gasteiger charge is 2.26. The summed E-state index contributed by atoms with van der Waals surface area (Å²) in [4.78, 5) is 4.38. The second-order valence-electron chi connectivity index (χ2n) is 4.87. The van der Waals surface area contributed by atoms with Crippen LogP contribution in [0.15, 0.2) is 4.52 Å². The van der Waals surface area contributed by atoms with Gasteiger partial charge in [0.2, 0.25) is 0 Å². The summed E-state index contributed by atoms with van der Waals surface area (Å²) in [5, 5.41) is 7.16. The molecule has 1 aliphatic rings. The molecule has 0 aliphatic heterocycles. The summed E-state index contributed by atoms with van der Waals surface area (Å²) < 4.78 is 5.15. The van der Waals surface area contributed by atoms with Gasteiger partial charge in [-0.1, -0.05) is 12.1 Å². The van der Waals surface area contributed by atoms with E-state index in [1.165, 1.54) is 19.3 Å². The molecule has 1 N–H and O–H groups in total. The minimum absolute atomic E-state index is 0.334. The van der Waals surface area contributed by atoms with Gasteiger partial charge in [0.15, 0.2) is 5.82 Å².